The first kappa shape index (κ1) is 14.1. The standard InChI is InChI=1S/C13H14BrFN2O2/c1-7(8-3-4-10(15)9(14)5-8)16-11-6-12(18)17(2)13(11)19/h3-5,7,11,16H,6H2,1-2H3. The minimum absolute atomic E-state index is 0.148. The van der Waals surface area contributed by atoms with Crippen LogP contribution in [0.2, 0.25) is 0 Å². The lowest BCUT2D eigenvalue weighted by Crippen LogP contribution is -2.38. The first-order chi connectivity index (χ1) is 8.90. The summed E-state index contributed by atoms with van der Waals surface area (Å²) in [5, 5.41) is 3.10. The Kier molecular flexibility index (Phi) is 4.01. The number of imide groups is 1. The molecule has 0 aliphatic carbocycles. The molecule has 0 bridgehead atoms. The third-order valence-corrected chi connectivity index (χ3v) is 3.88. The van der Waals surface area contributed by atoms with E-state index in [4.69, 9.17) is 0 Å². The quantitative estimate of drug-likeness (QED) is 0.863. The number of hydrogen-bond donors (Lipinski definition) is 1. The zero-order valence-electron chi connectivity index (χ0n) is 10.6. The topological polar surface area (TPSA) is 49.4 Å². The number of hydrogen-bond acceptors (Lipinski definition) is 3. The first-order valence-electron chi connectivity index (χ1n) is 5.91. The van der Waals surface area contributed by atoms with Gasteiger partial charge in [-0.05, 0) is 40.5 Å². The number of likely N-dealkylation sites (N-methyl/N-ethyl adjacent to an activating group) is 1. The Morgan fingerprint density at radius 1 is 1.47 bits per heavy atom. The van der Waals surface area contributed by atoms with Crippen LogP contribution in [0.25, 0.3) is 0 Å². The smallest absolute Gasteiger partial charge is 0.246 e. The molecular weight excluding hydrogens is 315 g/mol. The average molecular weight is 329 g/mol. The SMILES string of the molecule is CC(NC1CC(=O)N(C)C1=O)c1ccc(F)c(Br)c1. The predicted octanol–water partition coefficient (Wildman–Crippen LogP) is 2.00. The van der Waals surface area contributed by atoms with E-state index in [0.29, 0.717) is 4.47 Å². The summed E-state index contributed by atoms with van der Waals surface area (Å²) in [6.07, 6.45) is 0.169. The highest BCUT2D eigenvalue weighted by atomic mass is 79.9. The lowest BCUT2D eigenvalue weighted by atomic mass is 10.1. The van der Waals surface area contributed by atoms with Crippen LogP contribution in [0.5, 0.6) is 0 Å². The van der Waals surface area contributed by atoms with Gasteiger partial charge in [0.05, 0.1) is 16.9 Å². The number of amides is 2. The number of nitrogens with zero attached hydrogens (tertiary/aromatic N) is 1. The van der Waals surface area contributed by atoms with Gasteiger partial charge in [0.2, 0.25) is 11.8 Å². The summed E-state index contributed by atoms with van der Waals surface area (Å²) < 4.78 is 13.5. The Bertz CT molecular complexity index is 535. The monoisotopic (exact) mass is 328 g/mol. The summed E-state index contributed by atoms with van der Waals surface area (Å²) in [6, 6.07) is 4.04. The fourth-order valence-corrected chi connectivity index (χ4v) is 2.46. The number of rotatable bonds is 3. The highest BCUT2D eigenvalue weighted by molar-refractivity contribution is 9.10. The Morgan fingerprint density at radius 2 is 2.16 bits per heavy atom. The summed E-state index contributed by atoms with van der Waals surface area (Å²) in [5.41, 5.74) is 0.850. The van der Waals surface area contributed by atoms with Crippen molar-refractivity contribution < 1.29 is 14.0 Å². The van der Waals surface area contributed by atoms with Crippen LogP contribution in [0.15, 0.2) is 22.7 Å². The molecule has 6 heteroatoms. The molecule has 1 saturated heterocycles. The van der Waals surface area contributed by atoms with Gasteiger partial charge in [-0.3, -0.25) is 19.8 Å². The van der Waals surface area contributed by atoms with Gasteiger partial charge in [0, 0.05) is 13.1 Å². The molecule has 0 saturated carbocycles. The molecule has 1 heterocycles. The molecule has 0 aromatic heterocycles. The van der Waals surface area contributed by atoms with Gasteiger partial charge >= 0.3 is 0 Å². The largest absolute Gasteiger partial charge is 0.299 e. The molecule has 2 atom stereocenters. The predicted molar refractivity (Wildman–Crippen MR) is 71.8 cm³/mol. The van der Waals surface area contributed by atoms with Crippen LogP contribution in [0.4, 0.5) is 4.39 Å². The molecule has 0 radical (unpaired) electrons. The molecule has 1 aliphatic rings. The Balaban J connectivity index is 2.09. The van der Waals surface area contributed by atoms with E-state index in [1.165, 1.54) is 13.1 Å². The van der Waals surface area contributed by atoms with Crippen LogP contribution < -0.4 is 5.32 Å². The maximum atomic E-state index is 13.2. The minimum Gasteiger partial charge on any atom is -0.299 e. The van der Waals surface area contributed by atoms with E-state index in [1.807, 2.05) is 6.92 Å². The highest BCUT2D eigenvalue weighted by Crippen LogP contribution is 2.23. The molecule has 1 aromatic rings. The van der Waals surface area contributed by atoms with Crippen LogP contribution in [0.3, 0.4) is 0 Å². The van der Waals surface area contributed by atoms with E-state index in [9.17, 15) is 14.0 Å². The molecule has 2 rings (SSSR count). The van der Waals surface area contributed by atoms with Crippen molar-refractivity contribution in [2.45, 2.75) is 25.4 Å². The molecule has 1 N–H and O–H groups in total. The van der Waals surface area contributed by atoms with Crippen molar-refractivity contribution in [1.29, 1.82) is 0 Å². The molecular formula is C13H14BrFN2O2. The third kappa shape index (κ3) is 2.84. The molecule has 1 aromatic carbocycles. The molecule has 0 spiro atoms. The lowest BCUT2D eigenvalue weighted by molar-refractivity contribution is -0.137. The number of carbonyl (C=O) groups excluding carboxylic acids is 2. The van der Waals surface area contributed by atoms with Gasteiger partial charge in [-0.25, -0.2) is 4.39 Å². The van der Waals surface area contributed by atoms with Gasteiger partial charge in [0.1, 0.15) is 5.82 Å². The van der Waals surface area contributed by atoms with Crippen molar-refractivity contribution in [2.75, 3.05) is 7.05 Å². The lowest BCUT2D eigenvalue weighted by Gasteiger charge is -2.18. The molecule has 19 heavy (non-hydrogen) atoms. The maximum Gasteiger partial charge on any atom is 0.246 e. The van der Waals surface area contributed by atoms with Gasteiger partial charge in [-0.2, -0.15) is 0 Å². The number of halogens is 2. The van der Waals surface area contributed by atoms with E-state index in [1.54, 1.807) is 12.1 Å². The fraction of sp³-hybridized carbons (Fsp3) is 0.385. The Morgan fingerprint density at radius 3 is 2.68 bits per heavy atom. The molecule has 1 fully saturated rings. The summed E-state index contributed by atoms with van der Waals surface area (Å²) in [6.45, 7) is 1.87. The summed E-state index contributed by atoms with van der Waals surface area (Å²) in [4.78, 5) is 24.3. The van der Waals surface area contributed by atoms with E-state index in [0.717, 1.165) is 10.5 Å². The van der Waals surface area contributed by atoms with Gasteiger partial charge in [-0.15, -0.1) is 0 Å². The van der Waals surface area contributed by atoms with E-state index >= 15 is 0 Å². The van der Waals surface area contributed by atoms with Crippen molar-refractivity contribution in [3.63, 3.8) is 0 Å². The number of benzene rings is 1. The molecule has 2 amide bonds. The van der Waals surface area contributed by atoms with Crippen LogP contribution >= 0.6 is 15.9 Å². The van der Waals surface area contributed by atoms with Crippen LogP contribution in [0.1, 0.15) is 24.9 Å². The van der Waals surface area contributed by atoms with Crippen molar-refractivity contribution in [2.24, 2.45) is 0 Å². The van der Waals surface area contributed by atoms with Crippen molar-refractivity contribution in [3.8, 4) is 0 Å². The van der Waals surface area contributed by atoms with Crippen molar-refractivity contribution in [1.82, 2.24) is 10.2 Å². The summed E-state index contributed by atoms with van der Waals surface area (Å²) >= 11 is 3.13. The number of nitrogens with one attached hydrogen (secondary N) is 1. The van der Waals surface area contributed by atoms with Crippen molar-refractivity contribution >= 4 is 27.7 Å². The fourth-order valence-electron chi connectivity index (χ4n) is 2.07. The zero-order chi connectivity index (χ0) is 14.2. The normalized spacial score (nSPS) is 21.1. The average Bonchev–Trinajstić information content (AvgIpc) is 2.60. The van der Waals surface area contributed by atoms with Gasteiger partial charge in [0.15, 0.2) is 0 Å². The minimum atomic E-state index is -0.503. The van der Waals surface area contributed by atoms with Crippen LogP contribution in [0, 0.1) is 5.82 Å². The molecule has 2 unspecified atom stereocenters. The second-order valence-electron chi connectivity index (χ2n) is 4.61. The number of carbonyl (C=O) groups is 2. The van der Waals surface area contributed by atoms with Gasteiger partial charge in [-0.1, -0.05) is 6.07 Å². The highest BCUT2D eigenvalue weighted by Gasteiger charge is 2.36. The van der Waals surface area contributed by atoms with Crippen LogP contribution in [-0.2, 0) is 9.59 Å². The van der Waals surface area contributed by atoms with E-state index in [2.05, 4.69) is 21.2 Å². The molecule has 1 aliphatic heterocycles. The van der Waals surface area contributed by atoms with Gasteiger partial charge < -0.3 is 0 Å². The Hall–Kier alpha value is -1.27. The Labute approximate surface area is 119 Å². The molecule has 102 valence electrons. The third-order valence-electron chi connectivity index (χ3n) is 3.28. The van der Waals surface area contributed by atoms with Crippen LogP contribution in [-0.4, -0.2) is 29.8 Å². The van der Waals surface area contributed by atoms with Crippen molar-refractivity contribution in [3.05, 3.63) is 34.1 Å². The second-order valence-corrected chi connectivity index (χ2v) is 5.46. The van der Waals surface area contributed by atoms with E-state index < -0.39 is 6.04 Å². The molecule has 4 nitrogen and oxygen atoms in total. The summed E-state index contributed by atoms with van der Waals surface area (Å²) in [7, 11) is 1.48. The second kappa shape index (κ2) is 5.38. The zero-order valence-corrected chi connectivity index (χ0v) is 12.2. The maximum absolute atomic E-state index is 13.2. The summed E-state index contributed by atoms with van der Waals surface area (Å²) in [5.74, 6) is -0.740. The van der Waals surface area contributed by atoms with E-state index in [-0.39, 0.29) is 30.1 Å². The number of likely N-dealkylation sites (tertiary alicyclic amines) is 1. The first-order valence-corrected chi connectivity index (χ1v) is 6.71. The van der Waals surface area contributed by atoms with Gasteiger partial charge in [0.25, 0.3) is 0 Å².